The number of hydrogen-bond acceptors (Lipinski definition) is 3. The molecule has 1 saturated carbocycles. The van der Waals surface area contributed by atoms with Gasteiger partial charge in [0.05, 0.1) is 6.10 Å². The molecule has 3 heteroatoms. The van der Waals surface area contributed by atoms with Crippen molar-refractivity contribution in [2.75, 3.05) is 6.61 Å². The lowest BCUT2D eigenvalue weighted by Gasteiger charge is -2.19. The van der Waals surface area contributed by atoms with Gasteiger partial charge in [-0.15, -0.1) is 11.3 Å². The number of hydrogen-bond donors (Lipinski definition) is 1. The van der Waals surface area contributed by atoms with E-state index in [1.165, 1.54) is 29.7 Å². The summed E-state index contributed by atoms with van der Waals surface area (Å²) in [6, 6.07) is 2.79. The van der Waals surface area contributed by atoms with Crippen LogP contribution < -0.4 is 5.32 Å². The van der Waals surface area contributed by atoms with Gasteiger partial charge in [0.25, 0.3) is 0 Å². The van der Waals surface area contributed by atoms with Gasteiger partial charge in [-0.25, -0.2) is 0 Å². The van der Waals surface area contributed by atoms with Crippen LogP contribution in [-0.4, -0.2) is 18.8 Å². The van der Waals surface area contributed by atoms with Gasteiger partial charge in [-0.05, 0) is 49.1 Å². The molecule has 2 aliphatic rings. The van der Waals surface area contributed by atoms with Gasteiger partial charge in [-0.2, -0.15) is 0 Å². The second kappa shape index (κ2) is 4.47. The van der Waals surface area contributed by atoms with E-state index in [0.717, 1.165) is 19.1 Å². The molecular weight excluding hydrogens is 218 g/mol. The second-order valence-corrected chi connectivity index (χ2v) is 5.98. The molecule has 1 aromatic heterocycles. The SMILES string of the molecule is Cc1ccsc1CNC1CCOC1C1CC1. The summed E-state index contributed by atoms with van der Waals surface area (Å²) in [7, 11) is 0. The Morgan fingerprint density at radius 3 is 3.00 bits per heavy atom. The van der Waals surface area contributed by atoms with Crippen LogP contribution in [-0.2, 0) is 11.3 Å². The first-order chi connectivity index (χ1) is 7.84. The minimum absolute atomic E-state index is 0.500. The van der Waals surface area contributed by atoms with Crippen LogP contribution in [0.3, 0.4) is 0 Å². The number of thiophene rings is 1. The predicted molar refractivity (Wildman–Crippen MR) is 66.8 cm³/mol. The zero-order valence-electron chi connectivity index (χ0n) is 9.74. The first kappa shape index (κ1) is 10.8. The summed E-state index contributed by atoms with van der Waals surface area (Å²) in [4.78, 5) is 1.47. The topological polar surface area (TPSA) is 21.3 Å². The van der Waals surface area contributed by atoms with Gasteiger partial charge in [0.1, 0.15) is 0 Å². The molecule has 2 heterocycles. The van der Waals surface area contributed by atoms with Crippen molar-refractivity contribution in [1.82, 2.24) is 5.32 Å². The standard InChI is InChI=1S/C13H19NOS/c1-9-5-7-16-12(9)8-14-11-4-6-15-13(11)10-2-3-10/h5,7,10-11,13-14H,2-4,6,8H2,1H3. The summed E-state index contributed by atoms with van der Waals surface area (Å²) in [6.45, 7) is 4.15. The first-order valence-corrected chi connectivity index (χ1v) is 7.10. The van der Waals surface area contributed by atoms with Gasteiger partial charge < -0.3 is 10.1 Å². The quantitative estimate of drug-likeness (QED) is 0.869. The zero-order valence-corrected chi connectivity index (χ0v) is 10.6. The highest BCUT2D eigenvalue weighted by Crippen LogP contribution is 2.38. The van der Waals surface area contributed by atoms with Crippen molar-refractivity contribution in [2.45, 2.75) is 44.9 Å². The van der Waals surface area contributed by atoms with Crippen molar-refractivity contribution in [3.8, 4) is 0 Å². The van der Waals surface area contributed by atoms with E-state index < -0.39 is 0 Å². The summed E-state index contributed by atoms with van der Waals surface area (Å²) in [5.41, 5.74) is 1.42. The molecule has 0 amide bonds. The summed E-state index contributed by atoms with van der Waals surface area (Å²) in [5, 5.41) is 5.86. The maximum atomic E-state index is 5.83. The largest absolute Gasteiger partial charge is 0.376 e. The molecule has 3 rings (SSSR count). The molecule has 2 nitrogen and oxygen atoms in total. The number of nitrogens with one attached hydrogen (secondary N) is 1. The molecule has 1 saturated heterocycles. The van der Waals surface area contributed by atoms with Gasteiger partial charge in [-0.1, -0.05) is 0 Å². The average Bonchev–Trinajstić information content (AvgIpc) is 2.88. The third-order valence-electron chi connectivity index (χ3n) is 3.72. The van der Waals surface area contributed by atoms with Crippen molar-refractivity contribution >= 4 is 11.3 Å². The van der Waals surface area contributed by atoms with Crippen molar-refractivity contribution < 1.29 is 4.74 Å². The van der Waals surface area contributed by atoms with Gasteiger partial charge in [0.15, 0.2) is 0 Å². The molecular formula is C13H19NOS. The lowest BCUT2D eigenvalue weighted by Crippen LogP contribution is -2.37. The Hall–Kier alpha value is -0.380. The molecule has 88 valence electrons. The van der Waals surface area contributed by atoms with E-state index in [-0.39, 0.29) is 0 Å². The predicted octanol–water partition coefficient (Wildman–Crippen LogP) is 2.71. The molecule has 16 heavy (non-hydrogen) atoms. The highest BCUT2D eigenvalue weighted by Gasteiger charge is 2.40. The maximum absolute atomic E-state index is 5.83. The van der Waals surface area contributed by atoms with Crippen molar-refractivity contribution in [3.63, 3.8) is 0 Å². The average molecular weight is 237 g/mol. The molecule has 1 aliphatic carbocycles. The van der Waals surface area contributed by atoms with E-state index in [2.05, 4.69) is 23.7 Å². The summed E-state index contributed by atoms with van der Waals surface area (Å²) in [6.07, 6.45) is 4.44. The van der Waals surface area contributed by atoms with Gasteiger partial charge in [0, 0.05) is 24.1 Å². The maximum Gasteiger partial charge on any atom is 0.0757 e. The summed E-state index contributed by atoms with van der Waals surface area (Å²) < 4.78 is 5.83. The highest BCUT2D eigenvalue weighted by atomic mass is 32.1. The molecule has 0 aromatic carbocycles. The van der Waals surface area contributed by atoms with Crippen LogP contribution in [0.2, 0.25) is 0 Å². The molecule has 2 atom stereocenters. The van der Waals surface area contributed by atoms with E-state index in [0.29, 0.717) is 12.1 Å². The Morgan fingerprint density at radius 2 is 2.31 bits per heavy atom. The molecule has 1 aromatic rings. The van der Waals surface area contributed by atoms with Crippen molar-refractivity contribution in [3.05, 3.63) is 21.9 Å². The molecule has 1 N–H and O–H groups in total. The van der Waals surface area contributed by atoms with E-state index in [1.807, 2.05) is 11.3 Å². The summed E-state index contributed by atoms with van der Waals surface area (Å²) >= 11 is 1.85. The Balaban J connectivity index is 1.56. The Labute approximate surface area is 101 Å². The fourth-order valence-corrected chi connectivity index (χ4v) is 3.39. The minimum Gasteiger partial charge on any atom is -0.376 e. The summed E-state index contributed by atoms with van der Waals surface area (Å²) in [5.74, 6) is 0.851. The van der Waals surface area contributed by atoms with Gasteiger partial charge in [0.2, 0.25) is 0 Å². The van der Waals surface area contributed by atoms with Crippen LogP contribution >= 0.6 is 11.3 Å². The molecule has 0 bridgehead atoms. The molecule has 1 aliphatic heterocycles. The van der Waals surface area contributed by atoms with Gasteiger partial charge in [-0.3, -0.25) is 0 Å². The highest BCUT2D eigenvalue weighted by molar-refractivity contribution is 7.10. The zero-order chi connectivity index (χ0) is 11.0. The van der Waals surface area contributed by atoms with Crippen LogP contribution in [0.4, 0.5) is 0 Å². The number of rotatable bonds is 4. The second-order valence-electron chi connectivity index (χ2n) is 4.98. The smallest absolute Gasteiger partial charge is 0.0757 e. The van der Waals surface area contributed by atoms with Crippen LogP contribution in [0.1, 0.15) is 29.7 Å². The molecule has 0 spiro atoms. The fraction of sp³-hybridized carbons (Fsp3) is 0.692. The van der Waals surface area contributed by atoms with E-state index in [9.17, 15) is 0 Å². The van der Waals surface area contributed by atoms with E-state index in [1.54, 1.807) is 0 Å². The Bertz CT molecular complexity index is 359. The van der Waals surface area contributed by atoms with Crippen LogP contribution in [0.25, 0.3) is 0 Å². The Kier molecular flexibility index (Phi) is 3.01. The third-order valence-corrected chi connectivity index (χ3v) is 4.74. The molecule has 0 radical (unpaired) electrons. The lowest BCUT2D eigenvalue weighted by molar-refractivity contribution is 0.0809. The van der Waals surface area contributed by atoms with Gasteiger partial charge >= 0.3 is 0 Å². The van der Waals surface area contributed by atoms with Crippen LogP contribution in [0.5, 0.6) is 0 Å². The minimum atomic E-state index is 0.500. The van der Waals surface area contributed by atoms with Crippen molar-refractivity contribution in [2.24, 2.45) is 5.92 Å². The Morgan fingerprint density at radius 1 is 1.44 bits per heavy atom. The number of aryl methyl sites for hydroxylation is 1. The van der Waals surface area contributed by atoms with Crippen molar-refractivity contribution in [1.29, 1.82) is 0 Å². The number of ether oxygens (including phenoxy) is 1. The normalized spacial score (nSPS) is 29.8. The fourth-order valence-electron chi connectivity index (χ4n) is 2.53. The third kappa shape index (κ3) is 2.17. The molecule has 2 fully saturated rings. The first-order valence-electron chi connectivity index (χ1n) is 6.22. The monoisotopic (exact) mass is 237 g/mol. The van der Waals surface area contributed by atoms with E-state index in [4.69, 9.17) is 4.74 Å². The van der Waals surface area contributed by atoms with Crippen LogP contribution in [0, 0.1) is 12.8 Å². The van der Waals surface area contributed by atoms with Crippen LogP contribution in [0.15, 0.2) is 11.4 Å². The van der Waals surface area contributed by atoms with E-state index >= 15 is 0 Å². The molecule has 2 unspecified atom stereocenters. The lowest BCUT2D eigenvalue weighted by atomic mass is 10.1.